The molecule has 2 rings (SSSR count). The minimum atomic E-state index is -0.118. The maximum Gasteiger partial charge on any atom is 0.251 e. The third kappa shape index (κ3) is 4.02. The Balaban J connectivity index is 1.94. The molecule has 1 atom stereocenters. The molecule has 0 aliphatic heterocycles. The molecule has 0 aromatic heterocycles. The van der Waals surface area contributed by atoms with Crippen LogP contribution in [0.4, 0.5) is 0 Å². The predicted octanol–water partition coefficient (Wildman–Crippen LogP) is 3.42. The largest absolute Gasteiger partial charge is 0.351 e. The Morgan fingerprint density at radius 2 is 1.52 bits per heavy atom. The highest BCUT2D eigenvalue weighted by Crippen LogP contribution is 2.13. The number of nitrogens with one attached hydrogen (secondary N) is 1. The molecule has 108 valence electrons. The third-order valence-corrected chi connectivity index (χ3v) is 3.49. The van der Waals surface area contributed by atoms with Crippen LogP contribution in [0.3, 0.4) is 0 Å². The lowest BCUT2D eigenvalue weighted by molar-refractivity contribution is 0.0949. The fourth-order valence-corrected chi connectivity index (χ4v) is 2.10. The Morgan fingerprint density at radius 1 is 0.952 bits per heavy atom. The van der Waals surface area contributed by atoms with Crippen LogP contribution >= 0.6 is 0 Å². The van der Waals surface area contributed by atoms with E-state index in [1.165, 1.54) is 12.5 Å². The Kier molecular flexibility index (Phi) is 4.88. The van der Waals surface area contributed by atoms with Crippen LogP contribution in [0.25, 0.3) is 0 Å². The van der Waals surface area contributed by atoms with Crippen molar-refractivity contribution in [2.24, 2.45) is 0 Å². The van der Waals surface area contributed by atoms with Gasteiger partial charge in [0.05, 0.1) is 0 Å². The first-order valence-electron chi connectivity index (χ1n) is 7.02. The zero-order valence-corrected chi connectivity index (χ0v) is 12.3. The molecule has 1 amide bonds. The van der Waals surface area contributed by atoms with Crippen LogP contribution in [-0.4, -0.2) is 18.2 Å². The molecular formula is C18H19NO2. The second-order valence-electron chi connectivity index (χ2n) is 5.16. The lowest BCUT2D eigenvalue weighted by Crippen LogP contribution is -2.27. The third-order valence-electron chi connectivity index (χ3n) is 3.49. The average Bonchev–Trinajstić information content (AvgIpc) is 2.53. The summed E-state index contributed by atoms with van der Waals surface area (Å²) in [6, 6.07) is 16.8. The van der Waals surface area contributed by atoms with Crippen molar-refractivity contribution in [3.8, 4) is 0 Å². The van der Waals surface area contributed by atoms with E-state index in [0.717, 1.165) is 0 Å². The van der Waals surface area contributed by atoms with Crippen molar-refractivity contribution in [1.29, 1.82) is 0 Å². The number of ketones is 1. The van der Waals surface area contributed by atoms with Crippen LogP contribution in [0.1, 0.15) is 46.0 Å². The zero-order valence-electron chi connectivity index (χ0n) is 12.3. The Labute approximate surface area is 125 Å². The molecule has 0 aliphatic carbocycles. The highest BCUT2D eigenvalue weighted by atomic mass is 16.1. The highest BCUT2D eigenvalue weighted by molar-refractivity contribution is 5.97. The molecule has 0 fully saturated rings. The number of Topliss-reactive ketones (excluding diaryl/α,β-unsaturated/α-hetero) is 1. The van der Waals surface area contributed by atoms with Gasteiger partial charge >= 0.3 is 0 Å². The van der Waals surface area contributed by atoms with Crippen molar-refractivity contribution >= 4 is 11.7 Å². The van der Waals surface area contributed by atoms with Crippen LogP contribution in [0.5, 0.6) is 0 Å². The van der Waals surface area contributed by atoms with Gasteiger partial charge in [0.15, 0.2) is 5.78 Å². The topological polar surface area (TPSA) is 46.2 Å². The van der Waals surface area contributed by atoms with Gasteiger partial charge in [-0.05, 0) is 30.5 Å². The first kappa shape index (κ1) is 15.0. The molecule has 1 unspecified atom stereocenters. The van der Waals surface area contributed by atoms with Gasteiger partial charge in [-0.1, -0.05) is 49.4 Å². The summed E-state index contributed by atoms with van der Waals surface area (Å²) in [7, 11) is 0. The van der Waals surface area contributed by atoms with Crippen molar-refractivity contribution in [2.45, 2.75) is 19.8 Å². The van der Waals surface area contributed by atoms with Gasteiger partial charge in [-0.2, -0.15) is 0 Å². The number of carbonyl (C=O) groups excluding carboxylic acids is 2. The quantitative estimate of drug-likeness (QED) is 0.853. The van der Waals surface area contributed by atoms with Crippen molar-refractivity contribution in [1.82, 2.24) is 5.32 Å². The molecule has 2 aromatic carbocycles. The molecule has 3 nitrogen and oxygen atoms in total. The van der Waals surface area contributed by atoms with Crippen LogP contribution in [0.2, 0.25) is 0 Å². The van der Waals surface area contributed by atoms with Crippen molar-refractivity contribution < 1.29 is 9.59 Å². The summed E-state index contributed by atoms with van der Waals surface area (Å²) in [5, 5.41) is 2.92. The van der Waals surface area contributed by atoms with Crippen molar-refractivity contribution in [3.05, 3.63) is 71.3 Å². The van der Waals surface area contributed by atoms with Gasteiger partial charge in [0.2, 0.25) is 0 Å². The van der Waals surface area contributed by atoms with E-state index < -0.39 is 0 Å². The Hall–Kier alpha value is -2.42. The van der Waals surface area contributed by atoms with E-state index in [1.807, 2.05) is 18.2 Å². The summed E-state index contributed by atoms with van der Waals surface area (Å²) >= 11 is 0. The van der Waals surface area contributed by atoms with E-state index >= 15 is 0 Å². The van der Waals surface area contributed by atoms with Gasteiger partial charge in [0.25, 0.3) is 5.91 Å². The van der Waals surface area contributed by atoms with E-state index in [0.29, 0.717) is 17.7 Å². The highest BCUT2D eigenvalue weighted by Gasteiger charge is 2.09. The predicted molar refractivity (Wildman–Crippen MR) is 83.6 cm³/mol. The first-order chi connectivity index (χ1) is 10.1. The minimum absolute atomic E-state index is 0.000317. The van der Waals surface area contributed by atoms with Gasteiger partial charge in [0.1, 0.15) is 0 Å². The summed E-state index contributed by atoms with van der Waals surface area (Å²) in [6.07, 6.45) is 0. The van der Waals surface area contributed by atoms with E-state index in [9.17, 15) is 9.59 Å². The van der Waals surface area contributed by atoms with Crippen LogP contribution < -0.4 is 5.32 Å². The minimum Gasteiger partial charge on any atom is -0.351 e. The zero-order chi connectivity index (χ0) is 15.2. The second kappa shape index (κ2) is 6.84. The number of hydrogen-bond acceptors (Lipinski definition) is 2. The van der Waals surface area contributed by atoms with E-state index in [-0.39, 0.29) is 17.6 Å². The molecule has 0 saturated heterocycles. The molecule has 0 heterocycles. The summed E-state index contributed by atoms with van der Waals surface area (Å²) in [5.41, 5.74) is 2.38. The van der Waals surface area contributed by atoms with Crippen LogP contribution in [0, 0.1) is 0 Å². The molecule has 1 N–H and O–H groups in total. The fourth-order valence-electron chi connectivity index (χ4n) is 2.10. The van der Waals surface area contributed by atoms with Gasteiger partial charge in [0, 0.05) is 17.7 Å². The van der Waals surface area contributed by atoms with Gasteiger partial charge in [-0.3, -0.25) is 9.59 Å². The fraction of sp³-hybridized carbons (Fsp3) is 0.222. The standard InChI is InChI=1S/C18H19NO2/c1-13(15-6-4-3-5-7-15)12-19-18(21)17-10-8-16(9-11-17)14(2)20/h3-11,13H,12H2,1-2H3,(H,19,21). The monoisotopic (exact) mass is 281 g/mol. The van der Waals surface area contributed by atoms with E-state index in [1.54, 1.807) is 24.3 Å². The lowest BCUT2D eigenvalue weighted by Gasteiger charge is -2.13. The van der Waals surface area contributed by atoms with Gasteiger partial charge in [-0.15, -0.1) is 0 Å². The smallest absolute Gasteiger partial charge is 0.251 e. The molecule has 21 heavy (non-hydrogen) atoms. The number of amides is 1. The molecule has 0 aliphatic rings. The van der Waals surface area contributed by atoms with E-state index in [4.69, 9.17) is 0 Å². The summed E-state index contributed by atoms with van der Waals surface area (Å²) < 4.78 is 0. The van der Waals surface area contributed by atoms with Gasteiger partial charge < -0.3 is 5.32 Å². The summed E-state index contributed by atoms with van der Waals surface area (Å²) in [6.45, 7) is 4.17. The molecule has 2 aromatic rings. The SMILES string of the molecule is CC(=O)c1ccc(C(=O)NCC(C)c2ccccc2)cc1. The average molecular weight is 281 g/mol. The molecule has 0 radical (unpaired) electrons. The number of hydrogen-bond donors (Lipinski definition) is 1. The van der Waals surface area contributed by atoms with Crippen LogP contribution in [-0.2, 0) is 0 Å². The van der Waals surface area contributed by atoms with Gasteiger partial charge in [-0.25, -0.2) is 0 Å². The van der Waals surface area contributed by atoms with Crippen molar-refractivity contribution in [3.63, 3.8) is 0 Å². The Bertz CT molecular complexity index is 617. The molecule has 3 heteroatoms. The van der Waals surface area contributed by atoms with Crippen molar-refractivity contribution in [2.75, 3.05) is 6.54 Å². The number of benzene rings is 2. The normalized spacial score (nSPS) is 11.7. The van der Waals surface area contributed by atoms with E-state index in [2.05, 4.69) is 24.4 Å². The summed E-state index contributed by atoms with van der Waals surface area (Å²) in [4.78, 5) is 23.3. The van der Waals surface area contributed by atoms with Crippen LogP contribution in [0.15, 0.2) is 54.6 Å². The molecule has 0 spiro atoms. The number of carbonyl (C=O) groups is 2. The molecule has 0 saturated carbocycles. The Morgan fingerprint density at radius 3 is 2.10 bits per heavy atom. The second-order valence-corrected chi connectivity index (χ2v) is 5.16. The summed E-state index contributed by atoms with van der Waals surface area (Å²) in [5.74, 6) is 0.138. The maximum atomic E-state index is 12.1. The maximum absolute atomic E-state index is 12.1. The number of rotatable bonds is 5. The molecule has 0 bridgehead atoms. The first-order valence-corrected chi connectivity index (χ1v) is 7.02. The lowest BCUT2D eigenvalue weighted by atomic mass is 10.0. The molecular weight excluding hydrogens is 262 g/mol.